The van der Waals surface area contributed by atoms with Gasteiger partial charge >= 0.3 is 0 Å². The van der Waals surface area contributed by atoms with Gasteiger partial charge in [-0.3, -0.25) is 4.79 Å². The van der Waals surface area contributed by atoms with Crippen LogP contribution in [0.25, 0.3) is 5.82 Å². The lowest BCUT2D eigenvalue weighted by Gasteiger charge is -2.34. The van der Waals surface area contributed by atoms with Crippen LogP contribution in [0.4, 0.5) is 5.82 Å². The highest BCUT2D eigenvalue weighted by Crippen LogP contribution is 2.45. The summed E-state index contributed by atoms with van der Waals surface area (Å²) in [6.45, 7) is 9.74. The molecule has 1 atom stereocenters. The molecule has 1 aliphatic heterocycles. The molecule has 5 rings (SSSR count). The molecule has 3 heterocycles. The molecule has 0 unspecified atom stereocenters. The van der Waals surface area contributed by atoms with Crippen LogP contribution in [0.5, 0.6) is 5.88 Å². The van der Waals surface area contributed by atoms with Crippen LogP contribution < -0.4 is 14.4 Å². The Morgan fingerprint density at radius 3 is 2.64 bits per heavy atom. The molecule has 39 heavy (non-hydrogen) atoms. The molecule has 11 heteroatoms. The third-order valence-electron chi connectivity index (χ3n) is 7.41. The van der Waals surface area contributed by atoms with Crippen LogP contribution in [0.2, 0.25) is 0 Å². The topological polar surface area (TPSA) is 130 Å². The highest BCUT2D eigenvalue weighted by Gasteiger charge is 2.40. The first-order chi connectivity index (χ1) is 18.4. The monoisotopic (exact) mass is 548 g/mol. The van der Waals surface area contributed by atoms with Crippen molar-refractivity contribution in [2.45, 2.75) is 57.4 Å². The average Bonchev–Trinajstić information content (AvgIpc) is 3.31. The number of carbonyl (C=O) groups is 1. The number of nitrogens with one attached hydrogen (secondary N) is 1. The van der Waals surface area contributed by atoms with E-state index in [1.165, 1.54) is 24.3 Å². The summed E-state index contributed by atoms with van der Waals surface area (Å²) in [5, 5.41) is 13.7. The molecule has 1 amide bonds. The fraction of sp³-hybridized carbons (Fsp3) is 0.429. The molecule has 1 N–H and O–H groups in total. The number of rotatable bonds is 8. The van der Waals surface area contributed by atoms with Gasteiger partial charge in [0, 0.05) is 29.8 Å². The van der Waals surface area contributed by atoms with Gasteiger partial charge in [0.15, 0.2) is 5.82 Å². The molecule has 2 aliphatic rings. The molecule has 2 aromatic heterocycles. The molecule has 1 aromatic carbocycles. The van der Waals surface area contributed by atoms with Gasteiger partial charge in [-0.05, 0) is 69.4 Å². The molecule has 0 bridgehead atoms. The summed E-state index contributed by atoms with van der Waals surface area (Å²) in [6, 6.07) is 12.4. The van der Waals surface area contributed by atoms with Crippen molar-refractivity contribution in [1.29, 1.82) is 5.26 Å². The molecule has 1 saturated heterocycles. The molecule has 1 aliphatic carbocycles. The van der Waals surface area contributed by atoms with Crippen LogP contribution in [-0.2, 0) is 10.0 Å². The van der Waals surface area contributed by atoms with Gasteiger partial charge in [-0.1, -0.05) is 19.9 Å². The smallest absolute Gasteiger partial charge is 0.268 e. The number of anilines is 1. The van der Waals surface area contributed by atoms with Gasteiger partial charge in [0.25, 0.3) is 15.9 Å². The number of carbonyl (C=O) groups excluding carboxylic acids is 1. The Kier molecular flexibility index (Phi) is 6.63. The highest BCUT2D eigenvalue weighted by molar-refractivity contribution is 7.90. The van der Waals surface area contributed by atoms with Crippen LogP contribution in [0, 0.1) is 22.7 Å². The van der Waals surface area contributed by atoms with E-state index in [4.69, 9.17) is 15.0 Å². The third-order valence-corrected chi connectivity index (χ3v) is 8.73. The van der Waals surface area contributed by atoms with Gasteiger partial charge < -0.3 is 9.64 Å². The Labute approximate surface area is 228 Å². The SMILES string of the molecule is C[C@@H]1CN(c2nc(-n3ccc(OCC4(C)CC4)n3)ccc2C(=O)NS(=O)(=O)c2cccc(C#N)c2)C(C)(C)C1. The molecule has 0 radical (unpaired) electrons. The lowest BCUT2D eigenvalue weighted by molar-refractivity contribution is 0.0981. The maximum atomic E-state index is 13.4. The summed E-state index contributed by atoms with van der Waals surface area (Å²) in [7, 11) is -4.22. The van der Waals surface area contributed by atoms with E-state index in [2.05, 4.69) is 37.5 Å². The standard InChI is InChI=1S/C28H32N6O4S/c1-19-15-27(2,3)33(17-19)25-22(26(35)32-39(36,37)21-7-5-6-20(14-21)16-29)8-9-23(30-25)34-13-10-24(31-34)38-18-28(4)11-12-28/h5-10,13-14,19H,11-12,15,17-18H2,1-4H3,(H,32,35)/t19-/m0/s1. The van der Waals surface area contributed by atoms with Crippen molar-refractivity contribution in [3.63, 3.8) is 0 Å². The predicted octanol–water partition coefficient (Wildman–Crippen LogP) is 4.06. The molecular formula is C28H32N6O4S. The average molecular weight is 549 g/mol. The van der Waals surface area contributed by atoms with Crippen molar-refractivity contribution >= 4 is 21.7 Å². The number of pyridine rings is 1. The van der Waals surface area contributed by atoms with E-state index < -0.39 is 15.9 Å². The fourth-order valence-corrected chi connectivity index (χ4v) is 6.01. The van der Waals surface area contributed by atoms with Crippen LogP contribution in [0.15, 0.2) is 53.6 Å². The maximum absolute atomic E-state index is 13.4. The molecule has 0 spiro atoms. The third kappa shape index (κ3) is 5.61. The minimum absolute atomic E-state index is 0.131. The van der Waals surface area contributed by atoms with Gasteiger partial charge in [-0.2, -0.15) is 5.26 Å². The Balaban J connectivity index is 1.47. The lowest BCUT2D eigenvalue weighted by Crippen LogP contribution is -2.41. The van der Waals surface area contributed by atoms with Crippen molar-refractivity contribution in [2.75, 3.05) is 18.1 Å². The number of benzene rings is 1. The number of nitriles is 1. The fourth-order valence-electron chi connectivity index (χ4n) is 4.99. The predicted molar refractivity (Wildman–Crippen MR) is 145 cm³/mol. The molecule has 204 valence electrons. The van der Waals surface area contributed by atoms with Crippen molar-refractivity contribution in [3.05, 3.63) is 59.8 Å². The number of aromatic nitrogens is 3. The number of amides is 1. The Morgan fingerprint density at radius 1 is 1.21 bits per heavy atom. The second kappa shape index (κ2) is 9.68. The van der Waals surface area contributed by atoms with Crippen LogP contribution in [0.3, 0.4) is 0 Å². The largest absolute Gasteiger partial charge is 0.476 e. The van der Waals surface area contributed by atoms with E-state index in [0.717, 1.165) is 19.3 Å². The van der Waals surface area contributed by atoms with Crippen LogP contribution in [-0.4, -0.2) is 47.8 Å². The lowest BCUT2D eigenvalue weighted by atomic mass is 9.97. The molecular weight excluding hydrogens is 516 g/mol. The van der Waals surface area contributed by atoms with Crippen molar-refractivity contribution in [1.82, 2.24) is 19.5 Å². The molecule has 2 fully saturated rings. The normalized spacial score (nSPS) is 19.4. The molecule has 10 nitrogen and oxygen atoms in total. The van der Waals surface area contributed by atoms with Crippen molar-refractivity contribution in [2.24, 2.45) is 11.3 Å². The second-order valence-corrected chi connectivity index (χ2v) is 13.2. The van der Waals surface area contributed by atoms with Gasteiger partial charge in [-0.25, -0.2) is 22.8 Å². The van der Waals surface area contributed by atoms with E-state index in [9.17, 15) is 13.2 Å². The number of hydrogen-bond donors (Lipinski definition) is 1. The van der Waals surface area contributed by atoms with Crippen LogP contribution >= 0.6 is 0 Å². The molecule has 1 saturated carbocycles. The Morgan fingerprint density at radius 2 is 1.97 bits per heavy atom. The first-order valence-electron chi connectivity index (χ1n) is 12.9. The minimum atomic E-state index is -4.22. The summed E-state index contributed by atoms with van der Waals surface area (Å²) in [5.41, 5.74) is 0.223. The summed E-state index contributed by atoms with van der Waals surface area (Å²) in [6.07, 6.45) is 4.93. The van der Waals surface area contributed by atoms with Gasteiger partial charge in [0.05, 0.1) is 28.7 Å². The first kappa shape index (κ1) is 26.7. The van der Waals surface area contributed by atoms with E-state index in [0.29, 0.717) is 36.6 Å². The summed E-state index contributed by atoms with van der Waals surface area (Å²) < 4.78 is 35.7. The van der Waals surface area contributed by atoms with E-state index >= 15 is 0 Å². The number of sulfonamides is 1. The Bertz CT molecular complexity index is 1570. The van der Waals surface area contributed by atoms with Crippen LogP contribution in [0.1, 0.15) is 62.9 Å². The van der Waals surface area contributed by atoms with E-state index in [1.807, 2.05) is 11.0 Å². The van der Waals surface area contributed by atoms with Crippen molar-refractivity contribution < 1.29 is 17.9 Å². The zero-order valence-corrected chi connectivity index (χ0v) is 23.3. The quantitative estimate of drug-likeness (QED) is 0.446. The Hall–Kier alpha value is -3.91. The summed E-state index contributed by atoms with van der Waals surface area (Å²) >= 11 is 0. The minimum Gasteiger partial charge on any atom is -0.476 e. The zero-order valence-electron chi connectivity index (χ0n) is 22.5. The number of ether oxygens (including phenoxy) is 1. The van der Waals surface area contributed by atoms with Crippen molar-refractivity contribution in [3.8, 4) is 17.8 Å². The second-order valence-electron chi connectivity index (χ2n) is 11.5. The van der Waals surface area contributed by atoms with Gasteiger partial charge in [0.1, 0.15) is 5.82 Å². The highest BCUT2D eigenvalue weighted by atomic mass is 32.2. The first-order valence-corrected chi connectivity index (χ1v) is 14.4. The van der Waals surface area contributed by atoms with E-state index in [1.54, 1.807) is 29.1 Å². The molecule has 3 aromatic rings. The zero-order chi connectivity index (χ0) is 28.0. The van der Waals surface area contributed by atoms with Gasteiger partial charge in [-0.15, -0.1) is 5.10 Å². The summed E-state index contributed by atoms with van der Waals surface area (Å²) in [5.74, 6) is 0.906. The number of nitrogens with zero attached hydrogens (tertiary/aromatic N) is 5. The van der Waals surface area contributed by atoms with Gasteiger partial charge in [0.2, 0.25) is 5.88 Å². The summed E-state index contributed by atoms with van der Waals surface area (Å²) in [4.78, 5) is 20.1. The van der Waals surface area contributed by atoms with E-state index in [-0.39, 0.29) is 27.0 Å². The number of hydrogen-bond acceptors (Lipinski definition) is 8. The maximum Gasteiger partial charge on any atom is 0.268 e.